The molecule has 28 heavy (non-hydrogen) atoms. The van der Waals surface area contributed by atoms with Crippen LogP contribution in [0.15, 0.2) is 59.3 Å². The molecule has 3 heterocycles. The molecule has 1 aromatic carbocycles. The number of rotatable bonds is 5. The fourth-order valence-corrected chi connectivity index (χ4v) is 3.12. The van der Waals surface area contributed by atoms with Crippen molar-refractivity contribution >= 4 is 17.0 Å². The maximum Gasteiger partial charge on any atom is 0.268 e. The van der Waals surface area contributed by atoms with Crippen molar-refractivity contribution in [2.75, 3.05) is 0 Å². The standard InChI is InChI=1S/C21H17F2N3O2/c1-13-8-18-20(28-13)10-19(21(27)25-11-14-4-6-24-7-5-14)26(18)12-15-2-3-16(22)9-17(15)23/h2-10H,11-12H2,1H3,(H,25,27). The lowest BCUT2D eigenvalue weighted by Crippen LogP contribution is -2.25. The Morgan fingerprint density at radius 3 is 2.68 bits per heavy atom. The second-order valence-electron chi connectivity index (χ2n) is 6.50. The molecule has 0 fully saturated rings. The number of amides is 1. The van der Waals surface area contributed by atoms with Crippen LogP contribution in [-0.4, -0.2) is 15.5 Å². The molecule has 0 atom stereocenters. The van der Waals surface area contributed by atoms with Gasteiger partial charge in [0.05, 0.1) is 12.1 Å². The highest BCUT2D eigenvalue weighted by Crippen LogP contribution is 2.25. The molecule has 0 bridgehead atoms. The smallest absolute Gasteiger partial charge is 0.268 e. The van der Waals surface area contributed by atoms with Gasteiger partial charge >= 0.3 is 0 Å². The molecule has 4 aromatic rings. The second-order valence-corrected chi connectivity index (χ2v) is 6.50. The maximum atomic E-state index is 14.2. The first kappa shape index (κ1) is 17.9. The van der Waals surface area contributed by atoms with E-state index in [1.807, 2.05) is 12.1 Å². The zero-order valence-corrected chi connectivity index (χ0v) is 15.1. The first-order valence-electron chi connectivity index (χ1n) is 8.72. The topological polar surface area (TPSA) is 60.1 Å². The van der Waals surface area contributed by atoms with Gasteiger partial charge in [-0.1, -0.05) is 6.07 Å². The van der Waals surface area contributed by atoms with Gasteiger partial charge in [-0.05, 0) is 30.7 Å². The summed E-state index contributed by atoms with van der Waals surface area (Å²) >= 11 is 0. The highest BCUT2D eigenvalue weighted by atomic mass is 19.1. The zero-order valence-electron chi connectivity index (χ0n) is 15.1. The molecule has 0 radical (unpaired) electrons. The van der Waals surface area contributed by atoms with E-state index >= 15 is 0 Å². The van der Waals surface area contributed by atoms with E-state index in [-0.39, 0.29) is 18.0 Å². The summed E-state index contributed by atoms with van der Waals surface area (Å²) in [5.74, 6) is -0.941. The van der Waals surface area contributed by atoms with E-state index in [0.29, 0.717) is 29.1 Å². The molecule has 7 heteroatoms. The van der Waals surface area contributed by atoms with E-state index in [1.54, 1.807) is 36.0 Å². The van der Waals surface area contributed by atoms with Crippen molar-refractivity contribution in [1.82, 2.24) is 14.9 Å². The highest BCUT2D eigenvalue weighted by molar-refractivity contribution is 5.97. The quantitative estimate of drug-likeness (QED) is 0.564. The molecule has 0 aliphatic carbocycles. The summed E-state index contributed by atoms with van der Waals surface area (Å²) in [4.78, 5) is 16.7. The molecule has 1 amide bonds. The van der Waals surface area contributed by atoms with Crippen LogP contribution >= 0.6 is 0 Å². The number of hydrogen-bond donors (Lipinski definition) is 1. The molecule has 0 aliphatic rings. The molecule has 142 valence electrons. The predicted molar refractivity (Wildman–Crippen MR) is 99.8 cm³/mol. The molecule has 0 aliphatic heterocycles. The monoisotopic (exact) mass is 381 g/mol. The molecule has 0 spiro atoms. The van der Waals surface area contributed by atoms with E-state index in [4.69, 9.17) is 4.42 Å². The first-order valence-corrected chi connectivity index (χ1v) is 8.72. The van der Waals surface area contributed by atoms with Gasteiger partial charge in [0, 0.05) is 42.7 Å². The lowest BCUT2D eigenvalue weighted by atomic mass is 10.2. The number of hydrogen-bond acceptors (Lipinski definition) is 3. The average molecular weight is 381 g/mol. The summed E-state index contributed by atoms with van der Waals surface area (Å²) in [6, 6.07) is 10.4. The van der Waals surface area contributed by atoms with Crippen LogP contribution in [0.2, 0.25) is 0 Å². The van der Waals surface area contributed by atoms with Gasteiger partial charge in [-0.15, -0.1) is 0 Å². The zero-order chi connectivity index (χ0) is 19.7. The number of benzene rings is 1. The number of pyridine rings is 1. The lowest BCUT2D eigenvalue weighted by Gasteiger charge is -2.11. The molecule has 0 saturated carbocycles. The fraction of sp³-hybridized carbons (Fsp3) is 0.143. The molecular formula is C21H17F2N3O2. The lowest BCUT2D eigenvalue weighted by molar-refractivity contribution is 0.0942. The SMILES string of the molecule is Cc1cc2c(cc(C(=O)NCc3ccncc3)n2Cc2ccc(F)cc2F)o1. The largest absolute Gasteiger partial charge is 0.460 e. The number of furan rings is 1. The van der Waals surface area contributed by atoms with E-state index in [0.717, 1.165) is 11.6 Å². The number of carbonyl (C=O) groups excluding carboxylic acids is 1. The minimum absolute atomic E-state index is 0.0760. The van der Waals surface area contributed by atoms with Gasteiger partial charge in [-0.3, -0.25) is 9.78 Å². The molecule has 1 N–H and O–H groups in total. The Bertz CT molecular complexity index is 1150. The van der Waals surface area contributed by atoms with Crippen molar-refractivity contribution in [3.8, 4) is 0 Å². The summed E-state index contributed by atoms with van der Waals surface area (Å²) in [6.07, 6.45) is 3.30. The minimum atomic E-state index is -0.662. The van der Waals surface area contributed by atoms with Crippen LogP contribution in [0.25, 0.3) is 11.1 Å². The van der Waals surface area contributed by atoms with E-state index in [1.165, 1.54) is 12.1 Å². The number of aryl methyl sites for hydroxylation is 1. The van der Waals surface area contributed by atoms with Gasteiger partial charge in [0.25, 0.3) is 5.91 Å². The van der Waals surface area contributed by atoms with E-state index in [2.05, 4.69) is 10.3 Å². The Balaban J connectivity index is 1.66. The first-order chi connectivity index (χ1) is 13.5. The number of aromatic nitrogens is 2. The Morgan fingerprint density at radius 2 is 1.93 bits per heavy atom. The van der Waals surface area contributed by atoms with Crippen LogP contribution in [0, 0.1) is 18.6 Å². The third-order valence-corrected chi connectivity index (χ3v) is 4.49. The number of nitrogens with zero attached hydrogens (tertiary/aromatic N) is 2. The van der Waals surface area contributed by atoms with Gasteiger partial charge in [0.15, 0.2) is 5.58 Å². The van der Waals surface area contributed by atoms with Crippen molar-refractivity contribution in [3.63, 3.8) is 0 Å². The van der Waals surface area contributed by atoms with Crippen LogP contribution in [0.1, 0.15) is 27.4 Å². The third-order valence-electron chi connectivity index (χ3n) is 4.49. The Hall–Kier alpha value is -3.48. The van der Waals surface area contributed by atoms with Gasteiger partial charge < -0.3 is 14.3 Å². The van der Waals surface area contributed by atoms with Gasteiger partial charge in [0.1, 0.15) is 23.1 Å². The van der Waals surface area contributed by atoms with E-state index < -0.39 is 11.6 Å². The van der Waals surface area contributed by atoms with Crippen molar-refractivity contribution in [2.45, 2.75) is 20.0 Å². The van der Waals surface area contributed by atoms with Crippen molar-refractivity contribution < 1.29 is 18.0 Å². The van der Waals surface area contributed by atoms with Crippen LogP contribution in [-0.2, 0) is 13.1 Å². The van der Waals surface area contributed by atoms with Crippen molar-refractivity contribution in [2.24, 2.45) is 0 Å². The Morgan fingerprint density at radius 1 is 1.14 bits per heavy atom. The Labute approximate surface area is 159 Å². The van der Waals surface area contributed by atoms with Crippen molar-refractivity contribution in [3.05, 3.63) is 89.1 Å². The van der Waals surface area contributed by atoms with Crippen LogP contribution in [0.3, 0.4) is 0 Å². The molecular weight excluding hydrogens is 364 g/mol. The molecule has 0 unspecified atom stereocenters. The number of carbonyl (C=O) groups is 1. The highest BCUT2D eigenvalue weighted by Gasteiger charge is 2.19. The summed E-state index contributed by atoms with van der Waals surface area (Å²) in [5.41, 5.74) is 2.74. The van der Waals surface area contributed by atoms with Gasteiger partial charge in [-0.25, -0.2) is 8.78 Å². The van der Waals surface area contributed by atoms with Crippen molar-refractivity contribution in [1.29, 1.82) is 0 Å². The average Bonchev–Trinajstić information content (AvgIpc) is 3.19. The number of fused-ring (bicyclic) bond motifs is 1. The summed E-state index contributed by atoms with van der Waals surface area (Å²) < 4.78 is 34.7. The minimum Gasteiger partial charge on any atom is -0.460 e. The molecule has 3 aromatic heterocycles. The van der Waals surface area contributed by atoms with Gasteiger partial charge in [0.2, 0.25) is 0 Å². The Kier molecular flexibility index (Phi) is 4.65. The fourth-order valence-electron chi connectivity index (χ4n) is 3.12. The number of halogens is 2. The predicted octanol–water partition coefficient (Wildman–Crippen LogP) is 4.19. The third kappa shape index (κ3) is 3.51. The second kappa shape index (κ2) is 7.26. The summed E-state index contributed by atoms with van der Waals surface area (Å²) in [6.45, 7) is 2.20. The van der Waals surface area contributed by atoms with Crippen LogP contribution in [0.5, 0.6) is 0 Å². The van der Waals surface area contributed by atoms with Gasteiger partial charge in [-0.2, -0.15) is 0 Å². The maximum absolute atomic E-state index is 14.2. The summed E-state index contributed by atoms with van der Waals surface area (Å²) in [5, 5.41) is 2.85. The normalized spacial score (nSPS) is 11.1. The van der Waals surface area contributed by atoms with Crippen LogP contribution < -0.4 is 5.32 Å². The van der Waals surface area contributed by atoms with Crippen LogP contribution in [0.4, 0.5) is 8.78 Å². The molecule has 0 saturated heterocycles. The van der Waals surface area contributed by atoms with E-state index in [9.17, 15) is 13.6 Å². The summed E-state index contributed by atoms with van der Waals surface area (Å²) in [7, 11) is 0. The molecule has 5 nitrogen and oxygen atoms in total. The number of nitrogens with one attached hydrogen (secondary N) is 1. The molecule has 4 rings (SSSR count).